The summed E-state index contributed by atoms with van der Waals surface area (Å²) in [6, 6.07) is 12.1. The summed E-state index contributed by atoms with van der Waals surface area (Å²) in [4.78, 5) is 25.4. The van der Waals surface area contributed by atoms with Gasteiger partial charge >= 0.3 is 5.97 Å². The van der Waals surface area contributed by atoms with Crippen LogP contribution in [0.4, 0.5) is 11.4 Å². The van der Waals surface area contributed by atoms with Crippen LogP contribution in [0.3, 0.4) is 0 Å². The summed E-state index contributed by atoms with van der Waals surface area (Å²) in [6.07, 6.45) is 2.12. The van der Waals surface area contributed by atoms with Crippen molar-refractivity contribution in [2.45, 2.75) is 52.0 Å². The highest BCUT2D eigenvalue weighted by molar-refractivity contribution is 7.17. The van der Waals surface area contributed by atoms with Crippen molar-refractivity contribution < 1.29 is 19.8 Å². The maximum atomic E-state index is 13.3. The van der Waals surface area contributed by atoms with Crippen molar-refractivity contribution in [3.63, 3.8) is 0 Å². The number of phenols is 1. The number of hydrogen-bond acceptors (Lipinski definition) is 7. The molecule has 0 fully saturated rings. The number of benzene rings is 2. The molecule has 4 N–H and O–H groups in total. The van der Waals surface area contributed by atoms with Crippen LogP contribution in [0.25, 0.3) is 10.4 Å². The number of nitrogens with one attached hydrogen (secondary N) is 2. The van der Waals surface area contributed by atoms with E-state index in [1.54, 1.807) is 25.1 Å². The van der Waals surface area contributed by atoms with Gasteiger partial charge in [0.05, 0.1) is 17.1 Å². The molecule has 1 aromatic heterocycles. The number of aromatic carboxylic acids is 1. The van der Waals surface area contributed by atoms with Crippen molar-refractivity contribution in [2.75, 3.05) is 10.4 Å². The molecule has 0 saturated heterocycles. The monoisotopic (exact) mass is 504 g/mol. The highest BCUT2D eigenvalue weighted by Gasteiger charge is 2.36. The first-order chi connectivity index (χ1) is 17.0. The summed E-state index contributed by atoms with van der Waals surface area (Å²) in [5.41, 5.74) is 11.7. The van der Waals surface area contributed by atoms with Gasteiger partial charge in [-0.05, 0) is 85.2 Å². The zero-order chi connectivity index (χ0) is 25.8. The minimum atomic E-state index is -1.01. The van der Waals surface area contributed by atoms with E-state index < -0.39 is 12.0 Å². The van der Waals surface area contributed by atoms with E-state index in [1.807, 2.05) is 13.0 Å². The minimum Gasteiger partial charge on any atom is -0.505 e. The number of rotatable bonds is 6. The van der Waals surface area contributed by atoms with Gasteiger partial charge in [0.2, 0.25) is 0 Å². The van der Waals surface area contributed by atoms with E-state index in [0.717, 1.165) is 35.4 Å². The summed E-state index contributed by atoms with van der Waals surface area (Å²) in [5, 5.41) is 26.1. The van der Waals surface area contributed by atoms with Gasteiger partial charge in [-0.3, -0.25) is 4.79 Å². The molecule has 1 aliphatic carbocycles. The number of thiophene rings is 1. The average Bonchev–Trinajstić information content (AvgIpc) is 3.51. The molecule has 0 bridgehead atoms. The lowest BCUT2D eigenvalue weighted by Crippen LogP contribution is -2.45. The van der Waals surface area contributed by atoms with Gasteiger partial charge in [0.1, 0.15) is 16.7 Å². The van der Waals surface area contributed by atoms with Gasteiger partial charge in [-0.1, -0.05) is 19.9 Å². The van der Waals surface area contributed by atoms with E-state index in [9.17, 15) is 19.8 Å². The van der Waals surface area contributed by atoms with Crippen LogP contribution in [0, 0.1) is 6.92 Å². The van der Waals surface area contributed by atoms with E-state index >= 15 is 0 Å². The molecule has 0 radical (unpaired) electrons. The smallest absolute Gasteiger partial charge is 0.345 e. The van der Waals surface area contributed by atoms with Crippen LogP contribution < -0.4 is 15.9 Å². The second kappa shape index (κ2) is 8.76. The Bertz CT molecular complexity index is 1430. The molecular weight excluding hydrogens is 476 g/mol. The first kappa shape index (κ1) is 24.0. The third-order valence-electron chi connectivity index (χ3n) is 6.91. The van der Waals surface area contributed by atoms with Crippen molar-refractivity contribution >= 4 is 40.3 Å². The number of aryl methyl sites for hydroxylation is 2. The Morgan fingerprint density at radius 2 is 1.94 bits per heavy atom. The SMILES string of the molecule is CC1=NN(c2ccc3c(c2)C(C)(C)CC3)C(=O)C1NNc1cc(C)cc(-c2ccc(C(=O)O)s2)c1O. The van der Waals surface area contributed by atoms with Crippen molar-refractivity contribution in [3.8, 4) is 16.2 Å². The predicted molar refractivity (Wildman–Crippen MR) is 142 cm³/mol. The van der Waals surface area contributed by atoms with Gasteiger partial charge in [-0.25, -0.2) is 10.2 Å². The second-order valence-corrected chi connectivity index (χ2v) is 11.1. The van der Waals surface area contributed by atoms with Gasteiger partial charge in [0.25, 0.3) is 5.91 Å². The lowest BCUT2D eigenvalue weighted by molar-refractivity contribution is -0.118. The Hall–Kier alpha value is -3.69. The maximum absolute atomic E-state index is 13.3. The lowest BCUT2D eigenvalue weighted by atomic mass is 9.86. The fourth-order valence-electron chi connectivity index (χ4n) is 4.85. The maximum Gasteiger partial charge on any atom is 0.345 e. The highest BCUT2D eigenvalue weighted by atomic mass is 32.1. The van der Waals surface area contributed by atoms with E-state index in [0.29, 0.717) is 21.8 Å². The van der Waals surface area contributed by atoms with Gasteiger partial charge < -0.3 is 15.6 Å². The second-order valence-electron chi connectivity index (χ2n) is 10.00. The average molecular weight is 505 g/mol. The molecule has 3 aromatic rings. The van der Waals surface area contributed by atoms with E-state index in [1.165, 1.54) is 22.2 Å². The number of carbonyl (C=O) groups excluding carboxylic acids is 1. The van der Waals surface area contributed by atoms with E-state index in [4.69, 9.17) is 0 Å². The van der Waals surface area contributed by atoms with E-state index in [-0.39, 0.29) is 21.9 Å². The largest absolute Gasteiger partial charge is 0.505 e. The molecule has 1 amide bonds. The molecule has 36 heavy (non-hydrogen) atoms. The summed E-state index contributed by atoms with van der Waals surface area (Å²) >= 11 is 1.09. The van der Waals surface area contributed by atoms with Gasteiger partial charge in [0, 0.05) is 10.4 Å². The number of amides is 1. The number of fused-ring (bicyclic) bond motifs is 1. The van der Waals surface area contributed by atoms with Crippen molar-refractivity contribution in [2.24, 2.45) is 5.10 Å². The highest BCUT2D eigenvalue weighted by Crippen LogP contribution is 2.41. The van der Waals surface area contributed by atoms with Crippen molar-refractivity contribution in [1.29, 1.82) is 0 Å². The third-order valence-corrected chi connectivity index (χ3v) is 8.01. The van der Waals surface area contributed by atoms with E-state index in [2.05, 4.69) is 41.9 Å². The molecule has 1 atom stereocenters. The Morgan fingerprint density at radius 1 is 1.17 bits per heavy atom. The van der Waals surface area contributed by atoms with Gasteiger partial charge in [-0.15, -0.1) is 11.3 Å². The number of carboxylic acid groups (broad SMARTS) is 1. The van der Waals surface area contributed by atoms with Crippen LogP contribution in [0.1, 0.15) is 53.6 Å². The molecule has 186 valence electrons. The molecule has 0 saturated carbocycles. The first-order valence-corrected chi connectivity index (χ1v) is 12.6. The number of hydrazine groups is 1. The minimum absolute atomic E-state index is 0.0374. The summed E-state index contributed by atoms with van der Waals surface area (Å²) < 4.78 is 0. The predicted octanol–water partition coefficient (Wildman–Crippen LogP) is 5.06. The summed E-state index contributed by atoms with van der Waals surface area (Å²) in [6.45, 7) is 8.11. The molecular formula is C27H28N4O4S. The zero-order valence-corrected chi connectivity index (χ0v) is 21.4. The first-order valence-electron chi connectivity index (χ1n) is 11.8. The Balaban J connectivity index is 1.36. The molecule has 1 aliphatic heterocycles. The van der Waals surface area contributed by atoms with Crippen LogP contribution in [-0.2, 0) is 16.6 Å². The number of aromatic hydroxyl groups is 1. The Labute approximate surface area is 213 Å². The van der Waals surface area contributed by atoms with Crippen LogP contribution >= 0.6 is 11.3 Å². The summed E-state index contributed by atoms with van der Waals surface area (Å²) in [5.74, 6) is -1.26. The number of nitrogens with zero attached hydrogens (tertiary/aromatic N) is 2. The Kier molecular flexibility index (Phi) is 5.84. The fourth-order valence-corrected chi connectivity index (χ4v) is 5.71. The number of hydrogen-bond donors (Lipinski definition) is 4. The zero-order valence-electron chi connectivity index (χ0n) is 20.5. The molecule has 0 spiro atoms. The molecule has 8 nitrogen and oxygen atoms in total. The fraction of sp³-hybridized carbons (Fsp3) is 0.296. The van der Waals surface area contributed by atoms with Crippen LogP contribution in [0.5, 0.6) is 5.75 Å². The van der Waals surface area contributed by atoms with Gasteiger partial charge in [-0.2, -0.15) is 10.1 Å². The number of anilines is 2. The number of carboxylic acids is 1. The van der Waals surface area contributed by atoms with Crippen molar-refractivity contribution in [1.82, 2.24) is 5.43 Å². The molecule has 2 aliphatic rings. The topological polar surface area (TPSA) is 114 Å². The third kappa shape index (κ3) is 4.14. The molecule has 5 rings (SSSR count). The summed E-state index contributed by atoms with van der Waals surface area (Å²) in [7, 11) is 0. The van der Waals surface area contributed by atoms with Crippen molar-refractivity contribution in [3.05, 3.63) is 64.0 Å². The molecule has 1 unspecified atom stereocenters. The number of hydrazone groups is 1. The normalized spacial score (nSPS) is 18.3. The van der Waals surface area contributed by atoms with Gasteiger partial charge in [0.15, 0.2) is 0 Å². The number of phenolic OH excluding ortho intramolecular Hbond substituents is 1. The quantitative estimate of drug-likeness (QED) is 0.276. The van der Waals surface area contributed by atoms with Crippen LogP contribution in [-0.4, -0.2) is 33.8 Å². The standard InChI is InChI=1S/C27H28N4O4S/c1-14-11-18(21-7-8-22(36-21)26(34)35)24(32)20(12-14)28-29-23-15(2)30-31(25(23)33)17-6-5-16-9-10-27(3,4)19(16)13-17/h5-8,11-13,23,28-29,32H,9-10H2,1-4H3,(H,34,35). The molecule has 2 heterocycles. The lowest BCUT2D eigenvalue weighted by Gasteiger charge is -2.22. The van der Waals surface area contributed by atoms with Crippen LogP contribution in [0.15, 0.2) is 47.6 Å². The number of carbonyl (C=O) groups is 2. The Morgan fingerprint density at radius 3 is 2.67 bits per heavy atom. The molecule has 9 heteroatoms. The molecule has 2 aromatic carbocycles. The van der Waals surface area contributed by atoms with Crippen LogP contribution in [0.2, 0.25) is 0 Å².